The Morgan fingerprint density at radius 1 is 1.30 bits per heavy atom. The zero-order valence-corrected chi connectivity index (χ0v) is 20.3. The summed E-state index contributed by atoms with van der Waals surface area (Å²) in [4.78, 5) is 14.4. The van der Waals surface area contributed by atoms with Gasteiger partial charge in [0.15, 0.2) is 0 Å². The first-order chi connectivity index (χ1) is 13.9. The van der Waals surface area contributed by atoms with Crippen molar-refractivity contribution in [1.82, 2.24) is 14.7 Å². The maximum atomic E-state index is 12.6. The molecule has 1 aromatic rings. The lowest BCUT2D eigenvalue weighted by Gasteiger charge is -2.30. The van der Waals surface area contributed by atoms with Gasteiger partial charge in [0.25, 0.3) is 0 Å². The SMILES string of the molecule is CC(C)(C)OC(=O)N1CCc2c(c(C3=CC(O)CC3)nn2COCC[Si](C)(C)C)C1. The molecule has 8 heteroatoms. The number of hydrogen-bond acceptors (Lipinski definition) is 5. The number of ether oxygens (including phenoxy) is 2. The Hall–Kier alpha value is -1.64. The standard InChI is InChI=1S/C22H37N3O4Si/c1-22(2,3)29-21(27)24-10-9-19-18(14-24)20(16-7-8-17(26)13-16)23-25(19)15-28-11-12-30(4,5)6/h13,17,26H,7-12,14-15H2,1-6H3. The number of rotatable bonds is 6. The van der Waals surface area contributed by atoms with E-state index >= 15 is 0 Å². The second-order valence-electron chi connectivity index (χ2n) is 10.6. The monoisotopic (exact) mass is 435 g/mol. The Morgan fingerprint density at radius 3 is 2.63 bits per heavy atom. The van der Waals surface area contributed by atoms with Gasteiger partial charge in [-0.2, -0.15) is 5.10 Å². The molecule has 168 valence electrons. The van der Waals surface area contributed by atoms with E-state index in [0.717, 1.165) is 54.4 Å². The zero-order chi connectivity index (χ0) is 22.1. The lowest BCUT2D eigenvalue weighted by atomic mass is 10.0. The van der Waals surface area contributed by atoms with Gasteiger partial charge in [-0.3, -0.25) is 0 Å². The summed E-state index contributed by atoms with van der Waals surface area (Å²) in [5.74, 6) is 0. The van der Waals surface area contributed by atoms with Crippen LogP contribution >= 0.6 is 0 Å². The van der Waals surface area contributed by atoms with Crippen molar-refractivity contribution in [1.29, 1.82) is 0 Å². The number of carbonyl (C=O) groups is 1. The lowest BCUT2D eigenvalue weighted by Crippen LogP contribution is -2.40. The highest BCUT2D eigenvalue weighted by Crippen LogP contribution is 2.34. The van der Waals surface area contributed by atoms with Crippen LogP contribution in [0.2, 0.25) is 25.7 Å². The third kappa shape index (κ3) is 5.95. The Kier molecular flexibility index (Phi) is 6.79. The Labute approximate surface area is 181 Å². The number of fused-ring (bicyclic) bond motifs is 1. The molecule has 0 saturated carbocycles. The molecule has 0 spiro atoms. The van der Waals surface area contributed by atoms with E-state index in [-0.39, 0.29) is 6.09 Å². The first-order valence-corrected chi connectivity index (χ1v) is 14.7. The molecule has 30 heavy (non-hydrogen) atoms. The molecule has 1 N–H and O–H groups in total. The highest BCUT2D eigenvalue weighted by molar-refractivity contribution is 6.76. The molecule has 0 radical (unpaired) electrons. The smallest absolute Gasteiger partial charge is 0.410 e. The molecule has 0 fully saturated rings. The third-order valence-electron chi connectivity index (χ3n) is 5.40. The molecule has 1 aromatic heterocycles. The van der Waals surface area contributed by atoms with Crippen LogP contribution in [0.3, 0.4) is 0 Å². The van der Waals surface area contributed by atoms with Crippen LogP contribution in [-0.2, 0) is 29.2 Å². The number of carbonyl (C=O) groups excluding carboxylic acids is 1. The highest BCUT2D eigenvalue weighted by Gasteiger charge is 2.32. The predicted molar refractivity (Wildman–Crippen MR) is 120 cm³/mol. The number of nitrogens with zero attached hydrogens (tertiary/aromatic N) is 3. The van der Waals surface area contributed by atoms with Gasteiger partial charge < -0.3 is 19.5 Å². The second kappa shape index (κ2) is 8.84. The van der Waals surface area contributed by atoms with Crippen molar-refractivity contribution in [3.8, 4) is 0 Å². The largest absolute Gasteiger partial charge is 0.444 e. The van der Waals surface area contributed by atoms with Gasteiger partial charge in [-0.15, -0.1) is 0 Å². The molecule has 2 heterocycles. The van der Waals surface area contributed by atoms with Gasteiger partial charge in [0.05, 0.1) is 18.3 Å². The van der Waals surface area contributed by atoms with Crippen LogP contribution in [0.5, 0.6) is 0 Å². The van der Waals surface area contributed by atoms with Crippen molar-refractivity contribution in [3.05, 3.63) is 23.0 Å². The number of amides is 1. The van der Waals surface area contributed by atoms with Crippen LogP contribution in [0, 0.1) is 0 Å². The van der Waals surface area contributed by atoms with Gasteiger partial charge in [-0.25, -0.2) is 9.48 Å². The van der Waals surface area contributed by atoms with Crippen molar-refractivity contribution >= 4 is 19.7 Å². The van der Waals surface area contributed by atoms with E-state index in [1.165, 1.54) is 0 Å². The van der Waals surface area contributed by atoms with Crippen molar-refractivity contribution < 1.29 is 19.4 Å². The van der Waals surface area contributed by atoms with Gasteiger partial charge in [-0.05, 0) is 45.2 Å². The van der Waals surface area contributed by atoms with E-state index in [9.17, 15) is 9.90 Å². The zero-order valence-electron chi connectivity index (χ0n) is 19.3. The molecule has 1 atom stereocenters. The molecular weight excluding hydrogens is 398 g/mol. The van der Waals surface area contributed by atoms with Crippen LogP contribution in [0.4, 0.5) is 4.79 Å². The van der Waals surface area contributed by atoms with Crippen LogP contribution in [0.15, 0.2) is 6.08 Å². The Balaban J connectivity index is 1.79. The molecule has 1 aliphatic carbocycles. The van der Waals surface area contributed by atoms with E-state index in [4.69, 9.17) is 14.6 Å². The Bertz CT molecular complexity index is 805. The van der Waals surface area contributed by atoms with E-state index in [0.29, 0.717) is 19.8 Å². The summed E-state index contributed by atoms with van der Waals surface area (Å²) >= 11 is 0. The molecule has 1 amide bonds. The van der Waals surface area contributed by atoms with E-state index in [1.54, 1.807) is 4.90 Å². The van der Waals surface area contributed by atoms with Gasteiger partial charge >= 0.3 is 6.09 Å². The fourth-order valence-corrected chi connectivity index (χ4v) is 4.52. The number of allylic oxidation sites excluding steroid dienone is 1. The van der Waals surface area contributed by atoms with Crippen LogP contribution in [0.1, 0.15) is 50.6 Å². The normalized spacial score (nSPS) is 19.6. The number of aliphatic hydroxyl groups excluding tert-OH is 1. The molecule has 7 nitrogen and oxygen atoms in total. The summed E-state index contributed by atoms with van der Waals surface area (Å²) in [7, 11) is -1.14. The minimum atomic E-state index is -1.14. The highest BCUT2D eigenvalue weighted by atomic mass is 28.3. The fraction of sp³-hybridized carbons (Fsp3) is 0.727. The average molecular weight is 436 g/mol. The molecule has 1 unspecified atom stereocenters. The van der Waals surface area contributed by atoms with Crippen molar-refractivity contribution in [3.63, 3.8) is 0 Å². The fourth-order valence-electron chi connectivity index (χ4n) is 3.77. The Morgan fingerprint density at radius 2 is 2.03 bits per heavy atom. The minimum Gasteiger partial charge on any atom is -0.444 e. The van der Waals surface area contributed by atoms with Gasteiger partial charge in [0, 0.05) is 38.9 Å². The van der Waals surface area contributed by atoms with E-state index in [1.807, 2.05) is 31.5 Å². The van der Waals surface area contributed by atoms with Gasteiger partial charge in [0.2, 0.25) is 0 Å². The van der Waals surface area contributed by atoms with Crippen molar-refractivity contribution in [2.24, 2.45) is 0 Å². The first-order valence-electron chi connectivity index (χ1n) is 11.0. The van der Waals surface area contributed by atoms with Gasteiger partial charge in [-0.1, -0.05) is 25.7 Å². The van der Waals surface area contributed by atoms with Crippen molar-refractivity contribution in [2.45, 2.75) is 90.7 Å². The third-order valence-corrected chi connectivity index (χ3v) is 7.11. The van der Waals surface area contributed by atoms with E-state index < -0.39 is 19.8 Å². The van der Waals surface area contributed by atoms with Crippen LogP contribution in [-0.4, -0.2) is 58.8 Å². The summed E-state index contributed by atoms with van der Waals surface area (Å²) in [5.41, 5.74) is 3.61. The van der Waals surface area contributed by atoms with E-state index in [2.05, 4.69) is 19.6 Å². The first kappa shape index (κ1) is 23.0. The molecule has 0 aromatic carbocycles. The van der Waals surface area contributed by atoms with Crippen LogP contribution in [0.25, 0.3) is 5.57 Å². The molecule has 0 saturated heterocycles. The summed E-state index contributed by atoms with van der Waals surface area (Å²) < 4.78 is 13.5. The molecule has 2 aliphatic rings. The van der Waals surface area contributed by atoms with Crippen molar-refractivity contribution in [2.75, 3.05) is 13.2 Å². The summed E-state index contributed by atoms with van der Waals surface area (Å²) in [6.45, 7) is 14.9. The molecule has 0 bridgehead atoms. The number of hydrogen-bond donors (Lipinski definition) is 1. The van der Waals surface area contributed by atoms with Gasteiger partial charge in [0.1, 0.15) is 12.3 Å². The molecular formula is C22H37N3O4Si. The lowest BCUT2D eigenvalue weighted by molar-refractivity contribution is 0.0218. The topological polar surface area (TPSA) is 76.8 Å². The average Bonchev–Trinajstić information content (AvgIpc) is 3.19. The number of aromatic nitrogens is 2. The molecule has 1 aliphatic heterocycles. The predicted octanol–water partition coefficient (Wildman–Crippen LogP) is 4.03. The molecule has 3 rings (SSSR count). The maximum Gasteiger partial charge on any atom is 0.410 e. The summed E-state index contributed by atoms with van der Waals surface area (Å²) in [6, 6.07) is 1.12. The quantitative estimate of drug-likeness (QED) is 0.539. The maximum absolute atomic E-state index is 12.6. The summed E-state index contributed by atoms with van der Waals surface area (Å²) in [5, 5.41) is 14.8. The number of aliphatic hydroxyl groups is 1. The minimum absolute atomic E-state index is 0.293. The summed E-state index contributed by atoms with van der Waals surface area (Å²) in [6.07, 6.45) is 3.42. The van der Waals surface area contributed by atoms with Crippen LogP contribution < -0.4 is 0 Å². The second-order valence-corrected chi connectivity index (χ2v) is 16.2.